The Morgan fingerprint density at radius 3 is 2.31 bits per heavy atom. The van der Waals surface area contributed by atoms with Crippen LogP contribution in [-0.4, -0.2) is 28.7 Å². The Morgan fingerprint density at radius 1 is 1.31 bits per heavy atom. The van der Waals surface area contributed by atoms with Crippen LogP contribution in [0.4, 0.5) is 5.69 Å². The molecule has 0 radical (unpaired) electrons. The second-order valence-electron chi connectivity index (χ2n) is 3.16. The van der Waals surface area contributed by atoms with E-state index in [2.05, 4.69) is 0 Å². The second kappa shape index (κ2) is 5.01. The number of carbonyl (C=O) groups excluding carboxylic acids is 1. The molecule has 6 heteroatoms. The van der Waals surface area contributed by atoms with E-state index in [4.69, 9.17) is 0 Å². The van der Waals surface area contributed by atoms with Gasteiger partial charge in [0.1, 0.15) is 7.05 Å². The van der Waals surface area contributed by atoms with Gasteiger partial charge in [0.15, 0.2) is 12.0 Å². The predicted octanol–water partition coefficient (Wildman–Crippen LogP) is 1.38. The summed E-state index contributed by atoms with van der Waals surface area (Å²) in [5, 5.41) is 20.9. The Labute approximate surface area is 91.6 Å². The third kappa shape index (κ3) is 3.16. The molecule has 0 atom stereocenters. The van der Waals surface area contributed by atoms with Crippen LogP contribution in [0, 0.1) is 15.3 Å². The summed E-state index contributed by atoms with van der Waals surface area (Å²) in [6.45, 7) is 0. The van der Waals surface area contributed by atoms with E-state index < -0.39 is 4.92 Å². The highest BCUT2D eigenvalue weighted by Crippen LogP contribution is 2.12. The third-order valence-electron chi connectivity index (χ3n) is 1.93. The summed E-state index contributed by atoms with van der Waals surface area (Å²) in [6, 6.07) is 5.26. The summed E-state index contributed by atoms with van der Waals surface area (Å²) in [5.41, 5.74) is 0.283. The first-order valence-corrected chi connectivity index (χ1v) is 4.51. The summed E-state index contributed by atoms with van der Waals surface area (Å²) in [5.74, 6) is -0.252. The van der Waals surface area contributed by atoms with Crippen molar-refractivity contribution in [1.29, 1.82) is 0 Å². The van der Waals surface area contributed by atoms with E-state index in [1.165, 1.54) is 37.5 Å². The number of non-ortho nitro benzene ring substituents is 1. The first kappa shape index (κ1) is 11.8. The SMILES string of the molecule is C/[N+]([O-])=C/CC(=O)c1ccc([N+](=O)[O-])cc1. The summed E-state index contributed by atoms with van der Waals surface area (Å²) < 4.78 is 0.545. The summed E-state index contributed by atoms with van der Waals surface area (Å²) in [4.78, 5) is 21.3. The second-order valence-corrected chi connectivity index (χ2v) is 3.16. The van der Waals surface area contributed by atoms with Crippen LogP contribution >= 0.6 is 0 Å². The summed E-state index contributed by atoms with van der Waals surface area (Å²) in [6.07, 6.45) is 1.18. The van der Waals surface area contributed by atoms with Gasteiger partial charge < -0.3 is 5.21 Å². The molecule has 0 spiro atoms. The molecule has 6 nitrogen and oxygen atoms in total. The molecular weight excluding hydrogens is 212 g/mol. The lowest BCUT2D eigenvalue weighted by Crippen LogP contribution is -2.04. The maximum atomic E-state index is 11.5. The Kier molecular flexibility index (Phi) is 3.71. The standard InChI is InChI=1S/C10H10N2O4/c1-11(14)7-6-10(13)8-2-4-9(5-3-8)12(15)16/h2-5,7H,6H2,1H3/b11-7-. The molecule has 0 aromatic heterocycles. The molecule has 0 N–H and O–H groups in total. The first-order chi connectivity index (χ1) is 7.50. The normalized spacial score (nSPS) is 11.2. The van der Waals surface area contributed by atoms with Gasteiger partial charge in [0.25, 0.3) is 5.69 Å². The number of nitro benzene ring substituents is 1. The van der Waals surface area contributed by atoms with Gasteiger partial charge >= 0.3 is 0 Å². The molecule has 1 aromatic carbocycles. The molecule has 0 aliphatic rings. The average molecular weight is 222 g/mol. The molecule has 0 fully saturated rings. The number of ketones is 1. The summed E-state index contributed by atoms with van der Waals surface area (Å²) >= 11 is 0. The van der Waals surface area contributed by atoms with Crippen molar-refractivity contribution in [1.82, 2.24) is 0 Å². The minimum Gasteiger partial charge on any atom is -0.624 e. The predicted molar refractivity (Wildman–Crippen MR) is 57.7 cm³/mol. The van der Waals surface area contributed by atoms with E-state index in [9.17, 15) is 20.1 Å². The lowest BCUT2D eigenvalue weighted by atomic mass is 10.1. The number of hydrogen-bond donors (Lipinski definition) is 0. The van der Waals surface area contributed by atoms with Gasteiger partial charge in [0, 0.05) is 17.7 Å². The fourth-order valence-corrected chi connectivity index (χ4v) is 1.10. The van der Waals surface area contributed by atoms with Crippen molar-refractivity contribution in [2.45, 2.75) is 6.42 Å². The molecule has 0 aliphatic heterocycles. The van der Waals surface area contributed by atoms with Crippen molar-refractivity contribution in [3.63, 3.8) is 0 Å². The van der Waals surface area contributed by atoms with Crippen LogP contribution in [0.15, 0.2) is 24.3 Å². The van der Waals surface area contributed by atoms with E-state index in [1.54, 1.807) is 0 Å². The zero-order valence-corrected chi connectivity index (χ0v) is 8.62. The zero-order chi connectivity index (χ0) is 12.1. The molecule has 16 heavy (non-hydrogen) atoms. The minimum atomic E-state index is -0.536. The van der Waals surface area contributed by atoms with Crippen LogP contribution in [0.5, 0.6) is 0 Å². The Morgan fingerprint density at radius 2 is 1.88 bits per heavy atom. The van der Waals surface area contributed by atoms with Crippen molar-refractivity contribution < 1.29 is 14.5 Å². The number of hydroxylamine groups is 1. The average Bonchev–Trinajstić information content (AvgIpc) is 2.26. The molecule has 0 heterocycles. The molecule has 1 aromatic rings. The lowest BCUT2D eigenvalue weighted by molar-refractivity contribution is -0.418. The number of carbonyl (C=O) groups is 1. The van der Waals surface area contributed by atoms with Crippen LogP contribution in [-0.2, 0) is 0 Å². The lowest BCUT2D eigenvalue weighted by Gasteiger charge is -1.97. The van der Waals surface area contributed by atoms with Crippen LogP contribution in [0.1, 0.15) is 16.8 Å². The van der Waals surface area contributed by atoms with E-state index in [-0.39, 0.29) is 17.9 Å². The number of benzene rings is 1. The highest BCUT2D eigenvalue weighted by atomic mass is 16.6. The van der Waals surface area contributed by atoms with Crippen molar-refractivity contribution >= 4 is 17.7 Å². The van der Waals surface area contributed by atoms with E-state index in [0.29, 0.717) is 10.3 Å². The summed E-state index contributed by atoms with van der Waals surface area (Å²) in [7, 11) is 1.28. The quantitative estimate of drug-likeness (QED) is 0.192. The van der Waals surface area contributed by atoms with E-state index in [0.717, 1.165) is 0 Å². The van der Waals surface area contributed by atoms with Crippen molar-refractivity contribution in [3.8, 4) is 0 Å². The van der Waals surface area contributed by atoms with Crippen molar-refractivity contribution in [3.05, 3.63) is 45.2 Å². The molecule has 1 rings (SSSR count). The maximum Gasteiger partial charge on any atom is 0.269 e. The number of rotatable bonds is 4. The van der Waals surface area contributed by atoms with Crippen molar-refractivity contribution in [2.75, 3.05) is 7.05 Å². The molecule has 0 saturated carbocycles. The van der Waals surface area contributed by atoms with E-state index >= 15 is 0 Å². The fraction of sp³-hybridized carbons (Fsp3) is 0.200. The van der Waals surface area contributed by atoms with Crippen LogP contribution in [0.25, 0.3) is 0 Å². The van der Waals surface area contributed by atoms with Crippen LogP contribution in [0.3, 0.4) is 0 Å². The Hall–Kier alpha value is -2.24. The maximum absolute atomic E-state index is 11.5. The number of nitro groups is 1. The number of hydrogen-bond acceptors (Lipinski definition) is 4. The molecule has 0 aliphatic carbocycles. The molecule has 0 unspecified atom stereocenters. The van der Waals surface area contributed by atoms with Gasteiger partial charge in [-0.3, -0.25) is 14.9 Å². The number of Topliss-reactive ketones (excluding diaryl/α,β-unsaturated/α-hetero) is 1. The van der Waals surface area contributed by atoms with Crippen LogP contribution in [0.2, 0.25) is 0 Å². The van der Waals surface area contributed by atoms with Gasteiger partial charge in [-0.2, -0.15) is 0 Å². The smallest absolute Gasteiger partial charge is 0.269 e. The largest absolute Gasteiger partial charge is 0.624 e. The van der Waals surface area contributed by atoms with Gasteiger partial charge in [0.05, 0.1) is 11.3 Å². The van der Waals surface area contributed by atoms with Gasteiger partial charge in [-0.25, -0.2) is 4.74 Å². The van der Waals surface area contributed by atoms with Gasteiger partial charge in [-0.1, -0.05) is 0 Å². The van der Waals surface area contributed by atoms with Gasteiger partial charge in [-0.15, -0.1) is 0 Å². The number of nitrogens with zero attached hydrogens (tertiary/aromatic N) is 2. The molecule has 84 valence electrons. The molecule has 0 amide bonds. The molecule has 0 saturated heterocycles. The highest BCUT2D eigenvalue weighted by molar-refractivity contribution is 6.02. The monoisotopic (exact) mass is 222 g/mol. The third-order valence-corrected chi connectivity index (χ3v) is 1.93. The zero-order valence-electron chi connectivity index (χ0n) is 8.62. The molecular formula is C10H10N2O4. The van der Waals surface area contributed by atoms with Gasteiger partial charge in [-0.05, 0) is 12.1 Å². The Balaban J connectivity index is 2.78. The Bertz CT molecular complexity index is 433. The first-order valence-electron chi connectivity index (χ1n) is 4.51. The van der Waals surface area contributed by atoms with Gasteiger partial charge in [0.2, 0.25) is 0 Å². The van der Waals surface area contributed by atoms with E-state index in [1.807, 2.05) is 0 Å². The molecule has 0 bridgehead atoms. The topological polar surface area (TPSA) is 86.3 Å². The minimum absolute atomic E-state index is 0.0161. The van der Waals surface area contributed by atoms with Crippen molar-refractivity contribution in [2.24, 2.45) is 0 Å². The van der Waals surface area contributed by atoms with Crippen LogP contribution < -0.4 is 0 Å². The fourth-order valence-electron chi connectivity index (χ4n) is 1.10. The highest BCUT2D eigenvalue weighted by Gasteiger charge is 2.09.